The molecule has 0 bridgehead atoms. The number of methoxy groups -OCH3 is 1. The van der Waals surface area contributed by atoms with Gasteiger partial charge in [-0.15, -0.1) is 0 Å². The molecule has 31 heavy (non-hydrogen) atoms. The van der Waals surface area contributed by atoms with E-state index in [1.165, 1.54) is 16.8 Å². The van der Waals surface area contributed by atoms with Gasteiger partial charge in [-0.25, -0.2) is 4.79 Å². The number of H-pyrrole nitrogens is 1. The van der Waals surface area contributed by atoms with Gasteiger partial charge in [-0.3, -0.25) is 14.3 Å². The van der Waals surface area contributed by atoms with Gasteiger partial charge in [0, 0.05) is 29.5 Å². The van der Waals surface area contributed by atoms with Gasteiger partial charge in [-0.05, 0) is 52.4 Å². The molecule has 2 aromatic carbocycles. The van der Waals surface area contributed by atoms with Crippen molar-refractivity contribution in [2.24, 2.45) is 11.3 Å². The fourth-order valence-electron chi connectivity index (χ4n) is 4.18. The molecule has 0 amide bonds. The van der Waals surface area contributed by atoms with Crippen LogP contribution in [0.1, 0.15) is 32.8 Å². The number of rotatable bonds is 3. The Hall–Kier alpha value is -3.54. The largest absolute Gasteiger partial charge is 0.508 e. The molecular formula is C25H26N2O4. The molecule has 0 spiro atoms. The highest BCUT2D eigenvalue weighted by Gasteiger charge is 2.35. The van der Waals surface area contributed by atoms with Crippen LogP contribution in [0, 0.1) is 11.3 Å². The molecule has 6 heteroatoms. The van der Waals surface area contributed by atoms with E-state index in [9.17, 15) is 14.7 Å². The number of nitrogens with one attached hydrogen (secondary N) is 1. The van der Waals surface area contributed by atoms with Crippen LogP contribution in [0.5, 0.6) is 5.75 Å². The summed E-state index contributed by atoms with van der Waals surface area (Å²) < 4.78 is 7.40. The second kappa shape index (κ2) is 7.61. The minimum atomic E-state index is -0.458. The van der Waals surface area contributed by atoms with Gasteiger partial charge in [0.25, 0.3) is 5.56 Å². The summed E-state index contributed by atoms with van der Waals surface area (Å²) in [5, 5.41) is 11.7. The maximum Gasteiger partial charge on any atom is 0.332 e. The van der Waals surface area contributed by atoms with E-state index < -0.39 is 11.2 Å². The quantitative estimate of drug-likeness (QED) is 0.662. The van der Waals surface area contributed by atoms with E-state index in [0.29, 0.717) is 6.42 Å². The van der Waals surface area contributed by atoms with E-state index in [1.807, 2.05) is 24.3 Å². The van der Waals surface area contributed by atoms with E-state index in [0.717, 1.165) is 33.4 Å². The summed E-state index contributed by atoms with van der Waals surface area (Å²) in [5.74, 6) is 1.12. The summed E-state index contributed by atoms with van der Waals surface area (Å²) in [6.07, 6.45) is 4.08. The van der Waals surface area contributed by atoms with Crippen molar-refractivity contribution in [3.8, 4) is 5.75 Å². The molecule has 3 aromatic rings. The summed E-state index contributed by atoms with van der Waals surface area (Å²) in [4.78, 5) is 26.4. The Morgan fingerprint density at radius 1 is 1.06 bits per heavy atom. The molecule has 0 aliphatic heterocycles. The molecule has 1 atom stereocenters. The number of fused-ring (bicyclic) bond motifs is 1. The SMILES string of the molecule is COC1=C(c2ccc3cc(O)ccc3c2)C=C(n2ccc(=O)[nH]c2=O)CC1C(C)(C)C. The van der Waals surface area contributed by atoms with Crippen molar-refractivity contribution in [2.75, 3.05) is 7.11 Å². The average molecular weight is 418 g/mol. The lowest BCUT2D eigenvalue weighted by atomic mass is 9.73. The van der Waals surface area contributed by atoms with Gasteiger partial charge >= 0.3 is 5.69 Å². The fraction of sp³-hybridized carbons (Fsp3) is 0.280. The van der Waals surface area contributed by atoms with Crippen LogP contribution in [0.15, 0.2) is 70.1 Å². The van der Waals surface area contributed by atoms with Crippen LogP contribution in [0.3, 0.4) is 0 Å². The van der Waals surface area contributed by atoms with E-state index in [1.54, 1.807) is 19.2 Å². The Balaban J connectivity index is 1.95. The van der Waals surface area contributed by atoms with E-state index in [-0.39, 0.29) is 17.1 Å². The number of phenols is 1. The predicted octanol–water partition coefficient (Wildman–Crippen LogP) is 4.36. The van der Waals surface area contributed by atoms with Crippen molar-refractivity contribution < 1.29 is 9.84 Å². The molecular weight excluding hydrogens is 392 g/mol. The molecule has 2 N–H and O–H groups in total. The highest BCUT2D eigenvalue weighted by atomic mass is 16.5. The van der Waals surface area contributed by atoms with Gasteiger partial charge in [0.1, 0.15) is 11.5 Å². The van der Waals surface area contributed by atoms with Crippen LogP contribution in [-0.4, -0.2) is 21.8 Å². The zero-order chi connectivity index (χ0) is 22.3. The van der Waals surface area contributed by atoms with Crippen LogP contribution in [-0.2, 0) is 4.74 Å². The molecule has 1 aliphatic carbocycles. The zero-order valence-electron chi connectivity index (χ0n) is 18.1. The molecule has 0 fully saturated rings. The topological polar surface area (TPSA) is 84.3 Å². The summed E-state index contributed by atoms with van der Waals surface area (Å²) >= 11 is 0. The highest BCUT2D eigenvalue weighted by molar-refractivity contribution is 5.91. The monoisotopic (exact) mass is 418 g/mol. The lowest BCUT2D eigenvalue weighted by Gasteiger charge is -2.36. The number of phenolic OH excluding ortho intramolecular Hbond substituents is 1. The lowest BCUT2D eigenvalue weighted by Crippen LogP contribution is -2.32. The van der Waals surface area contributed by atoms with Crippen molar-refractivity contribution in [1.29, 1.82) is 0 Å². The van der Waals surface area contributed by atoms with Crippen LogP contribution in [0.2, 0.25) is 0 Å². The van der Waals surface area contributed by atoms with Crippen LogP contribution >= 0.6 is 0 Å². The first kappa shape index (κ1) is 20.7. The molecule has 1 unspecified atom stereocenters. The predicted molar refractivity (Wildman–Crippen MR) is 123 cm³/mol. The minimum Gasteiger partial charge on any atom is -0.508 e. The van der Waals surface area contributed by atoms with Crippen LogP contribution < -0.4 is 11.2 Å². The number of hydrogen-bond donors (Lipinski definition) is 2. The number of aromatic amines is 1. The van der Waals surface area contributed by atoms with Gasteiger partial charge in [0.05, 0.1) is 7.11 Å². The fourth-order valence-corrected chi connectivity index (χ4v) is 4.18. The summed E-state index contributed by atoms with van der Waals surface area (Å²) in [7, 11) is 1.68. The number of aromatic hydroxyl groups is 1. The van der Waals surface area contributed by atoms with Crippen molar-refractivity contribution in [1.82, 2.24) is 9.55 Å². The Morgan fingerprint density at radius 2 is 1.77 bits per heavy atom. The second-order valence-electron chi connectivity index (χ2n) is 8.97. The molecule has 0 saturated heterocycles. The molecule has 160 valence electrons. The summed E-state index contributed by atoms with van der Waals surface area (Å²) in [6.45, 7) is 6.45. The normalized spacial score (nSPS) is 17.0. The Labute approximate surface area is 180 Å². The maximum absolute atomic E-state index is 12.5. The van der Waals surface area contributed by atoms with Crippen molar-refractivity contribution in [3.05, 3.63) is 86.9 Å². The molecule has 1 aromatic heterocycles. The number of allylic oxidation sites excluding steroid dienone is 4. The third-order valence-corrected chi connectivity index (χ3v) is 5.84. The number of aromatic nitrogens is 2. The highest BCUT2D eigenvalue weighted by Crippen LogP contribution is 2.45. The summed E-state index contributed by atoms with van der Waals surface area (Å²) in [6, 6.07) is 12.6. The molecule has 1 aliphatic rings. The molecule has 6 nitrogen and oxygen atoms in total. The van der Waals surface area contributed by atoms with E-state index in [2.05, 4.69) is 31.8 Å². The number of nitrogens with zero attached hydrogens (tertiary/aromatic N) is 1. The van der Waals surface area contributed by atoms with Gasteiger partial charge in [0.15, 0.2) is 0 Å². The second-order valence-corrected chi connectivity index (χ2v) is 8.97. The zero-order valence-corrected chi connectivity index (χ0v) is 18.1. The number of hydrogen-bond acceptors (Lipinski definition) is 4. The molecule has 1 heterocycles. The van der Waals surface area contributed by atoms with Crippen molar-refractivity contribution in [3.63, 3.8) is 0 Å². The van der Waals surface area contributed by atoms with Gasteiger partial charge in [0.2, 0.25) is 0 Å². The maximum atomic E-state index is 12.5. The van der Waals surface area contributed by atoms with Gasteiger partial charge in [-0.2, -0.15) is 0 Å². The third kappa shape index (κ3) is 3.93. The van der Waals surface area contributed by atoms with Crippen LogP contribution in [0.4, 0.5) is 0 Å². The Morgan fingerprint density at radius 3 is 2.45 bits per heavy atom. The van der Waals surface area contributed by atoms with E-state index in [4.69, 9.17) is 4.74 Å². The van der Waals surface area contributed by atoms with Crippen molar-refractivity contribution in [2.45, 2.75) is 27.2 Å². The Bertz CT molecular complexity index is 1340. The Kier molecular flexibility index (Phi) is 5.09. The first-order chi connectivity index (χ1) is 14.7. The van der Waals surface area contributed by atoms with Gasteiger partial charge in [-0.1, -0.05) is 39.0 Å². The first-order valence-electron chi connectivity index (χ1n) is 10.2. The average Bonchev–Trinajstić information content (AvgIpc) is 2.71. The number of benzene rings is 2. The standard InChI is InChI=1S/C25H26N2O4/c1-25(2,3)21-14-18(27-10-9-22(29)26-24(27)30)13-20(23(21)31-4)17-6-5-16-12-19(28)8-7-15(16)11-17/h5-13,21,28H,14H2,1-4H3,(H,26,29,30). The summed E-state index contributed by atoms with van der Waals surface area (Å²) in [5.41, 5.74) is 1.65. The molecule has 0 saturated carbocycles. The first-order valence-corrected chi connectivity index (χ1v) is 10.2. The number of ether oxygens (including phenoxy) is 1. The van der Waals surface area contributed by atoms with E-state index >= 15 is 0 Å². The third-order valence-electron chi connectivity index (χ3n) is 5.84. The molecule has 4 rings (SSSR count). The minimum absolute atomic E-state index is 0.0295. The van der Waals surface area contributed by atoms with Crippen LogP contribution in [0.25, 0.3) is 22.0 Å². The lowest BCUT2D eigenvalue weighted by molar-refractivity contribution is 0.166. The van der Waals surface area contributed by atoms with Gasteiger partial charge < -0.3 is 9.84 Å². The molecule has 0 radical (unpaired) electrons. The van der Waals surface area contributed by atoms with Crippen molar-refractivity contribution >= 4 is 22.0 Å². The smallest absolute Gasteiger partial charge is 0.332 e.